The van der Waals surface area contributed by atoms with Gasteiger partial charge >= 0.3 is 5.69 Å². The van der Waals surface area contributed by atoms with Crippen LogP contribution >= 0.6 is 0 Å². The summed E-state index contributed by atoms with van der Waals surface area (Å²) in [5, 5.41) is 10.3. The van der Waals surface area contributed by atoms with E-state index in [9.17, 15) is 14.5 Å². The van der Waals surface area contributed by atoms with E-state index in [0.717, 1.165) is 11.0 Å². The van der Waals surface area contributed by atoms with Gasteiger partial charge < -0.3 is 4.90 Å². The highest BCUT2D eigenvalue weighted by molar-refractivity contribution is 5.51. The number of nitrogens with zero attached hydrogens (tertiary/aromatic N) is 1. The molecule has 0 aliphatic carbocycles. The lowest BCUT2D eigenvalue weighted by Gasteiger charge is -1.98. The van der Waals surface area contributed by atoms with Gasteiger partial charge in [-0.2, -0.15) is 4.39 Å². The SMILES string of the molecule is C[NH+](C)C=Cc1ccc([N+](=O)[O-])c(F)c1. The van der Waals surface area contributed by atoms with Crippen molar-refractivity contribution in [3.8, 4) is 0 Å². The van der Waals surface area contributed by atoms with Crippen molar-refractivity contribution in [1.82, 2.24) is 0 Å². The highest BCUT2D eigenvalue weighted by Crippen LogP contribution is 2.18. The molecule has 0 saturated heterocycles. The van der Waals surface area contributed by atoms with Crippen molar-refractivity contribution in [3.63, 3.8) is 0 Å². The molecular weight excluding hydrogens is 199 g/mol. The average Bonchev–Trinajstić information content (AvgIpc) is 2.14. The molecule has 0 aromatic heterocycles. The third kappa shape index (κ3) is 3.14. The van der Waals surface area contributed by atoms with Gasteiger partial charge in [0.2, 0.25) is 5.82 Å². The minimum absolute atomic E-state index is 0.496. The van der Waals surface area contributed by atoms with Gasteiger partial charge in [0, 0.05) is 6.07 Å². The molecule has 1 rings (SSSR count). The van der Waals surface area contributed by atoms with E-state index < -0.39 is 16.4 Å². The van der Waals surface area contributed by atoms with Crippen LogP contribution in [0.4, 0.5) is 10.1 Å². The van der Waals surface area contributed by atoms with Crippen molar-refractivity contribution in [3.05, 3.63) is 45.9 Å². The molecule has 0 amide bonds. The zero-order chi connectivity index (χ0) is 11.4. The van der Waals surface area contributed by atoms with Crippen molar-refractivity contribution >= 4 is 11.8 Å². The minimum Gasteiger partial charge on any atom is -0.313 e. The van der Waals surface area contributed by atoms with Gasteiger partial charge in [0.05, 0.1) is 25.2 Å². The first-order valence-corrected chi connectivity index (χ1v) is 4.43. The predicted molar refractivity (Wildman–Crippen MR) is 54.9 cm³/mol. The number of hydrogen-bond acceptors (Lipinski definition) is 2. The molecule has 1 aromatic carbocycles. The molecule has 0 bridgehead atoms. The maximum absolute atomic E-state index is 13.1. The van der Waals surface area contributed by atoms with Crippen LogP contribution in [0.5, 0.6) is 0 Å². The third-order valence-corrected chi connectivity index (χ3v) is 1.78. The summed E-state index contributed by atoms with van der Waals surface area (Å²) in [6, 6.07) is 3.83. The normalized spacial score (nSPS) is 11.2. The summed E-state index contributed by atoms with van der Waals surface area (Å²) in [7, 11) is 3.83. The fourth-order valence-corrected chi connectivity index (χ4v) is 1.04. The van der Waals surface area contributed by atoms with Gasteiger partial charge in [-0.1, -0.05) is 0 Å². The number of nitrogens with one attached hydrogen (secondary N) is 1. The molecule has 0 atom stereocenters. The zero-order valence-electron chi connectivity index (χ0n) is 8.53. The summed E-state index contributed by atoms with van der Waals surface area (Å²) in [5.41, 5.74) is 0.114. The Balaban J connectivity index is 2.97. The van der Waals surface area contributed by atoms with E-state index >= 15 is 0 Å². The van der Waals surface area contributed by atoms with Gasteiger partial charge in [-0.25, -0.2) is 0 Å². The molecule has 0 radical (unpaired) electrons. The Hall–Kier alpha value is -1.75. The van der Waals surface area contributed by atoms with E-state index in [4.69, 9.17) is 0 Å². The third-order valence-electron chi connectivity index (χ3n) is 1.78. The van der Waals surface area contributed by atoms with Crippen LogP contribution in [0.3, 0.4) is 0 Å². The number of halogens is 1. The van der Waals surface area contributed by atoms with Crippen molar-refractivity contribution in [2.45, 2.75) is 0 Å². The molecule has 15 heavy (non-hydrogen) atoms. The Bertz CT molecular complexity index is 402. The molecule has 0 unspecified atom stereocenters. The van der Waals surface area contributed by atoms with E-state index in [0.29, 0.717) is 5.56 Å². The molecular formula is C10H12FN2O2+. The van der Waals surface area contributed by atoms with Gasteiger partial charge in [-0.15, -0.1) is 0 Å². The first-order chi connectivity index (χ1) is 7.00. The van der Waals surface area contributed by atoms with Gasteiger partial charge in [0.1, 0.15) is 0 Å². The summed E-state index contributed by atoms with van der Waals surface area (Å²) in [6.07, 6.45) is 3.53. The topological polar surface area (TPSA) is 47.6 Å². The second-order valence-electron chi connectivity index (χ2n) is 3.38. The molecule has 0 heterocycles. The summed E-state index contributed by atoms with van der Waals surface area (Å²) >= 11 is 0. The second kappa shape index (κ2) is 4.65. The van der Waals surface area contributed by atoms with Crippen LogP contribution in [0.1, 0.15) is 5.56 Å². The Morgan fingerprint density at radius 3 is 2.60 bits per heavy atom. The van der Waals surface area contributed by atoms with Crippen molar-refractivity contribution in [1.29, 1.82) is 0 Å². The smallest absolute Gasteiger partial charge is 0.304 e. The van der Waals surface area contributed by atoms with Gasteiger partial charge in [0.25, 0.3) is 0 Å². The van der Waals surface area contributed by atoms with Crippen molar-refractivity contribution < 1.29 is 14.2 Å². The summed E-state index contributed by atoms with van der Waals surface area (Å²) < 4.78 is 13.1. The summed E-state index contributed by atoms with van der Waals surface area (Å²) in [6.45, 7) is 0. The number of nitro benzene ring substituents is 1. The van der Waals surface area contributed by atoms with Crippen LogP contribution in [0.25, 0.3) is 6.08 Å². The van der Waals surface area contributed by atoms with Gasteiger partial charge in [0.15, 0.2) is 0 Å². The fourth-order valence-electron chi connectivity index (χ4n) is 1.04. The lowest BCUT2D eigenvalue weighted by molar-refractivity contribution is -0.800. The van der Waals surface area contributed by atoms with Crippen LogP contribution in [-0.2, 0) is 0 Å². The van der Waals surface area contributed by atoms with Crippen LogP contribution in [-0.4, -0.2) is 19.0 Å². The molecule has 0 aliphatic heterocycles. The molecule has 0 saturated carbocycles. The molecule has 5 heteroatoms. The van der Waals surface area contributed by atoms with Crippen LogP contribution in [0.15, 0.2) is 24.4 Å². The average molecular weight is 211 g/mol. The lowest BCUT2D eigenvalue weighted by atomic mass is 10.2. The Morgan fingerprint density at radius 2 is 2.13 bits per heavy atom. The monoisotopic (exact) mass is 211 g/mol. The van der Waals surface area contributed by atoms with E-state index in [2.05, 4.69) is 0 Å². The fraction of sp³-hybridized carbons (Fsp3) is 0.200. The Labute approximate surface area is 86.8 Å². The van der Waals surface area contributed by atoms with Gasteiger partial charge in [-0.3, -0.25) is 10.1 Å². The number of benzene rings is 1. The molecule has 0 spiro atoms. The van der Waals surface area contributed by atoms with Crippen molar-refractivity contribution in [2.75, 3.05) is 14.1 Å². The molecule has 0 fully saturated rings. The molecule has 1 aromatic rings. The van der Waals surface area contributed by atoms with E-state index in [1.165, 1.54) is 12.1 Å². The summed E-state index contributed by atoms with van der Waals surface area (Å²) in [4.78, 5) is 10.7. The highest BCUT2D eigenvalue weighted by Gasteiger charge is 2.12. The standard InChI is InChI=1S/C10H11FN2O2/c1-12(2)6-5-8-3-4-10(13(14)15)9(11)7-8/h3-7H,1-2H3/p+1. The quantitative estimate of drug-likeness (QED) is 0.595. The van der Waals surface area contributed by atoms with Crippen LogP contribution in [0, 0.1) is 15.9 Å². The minimum atomic E-state index is -0.809. The molecule has 80 valence electrons. The zero-order valence-corrected chi connectivity index (χ0v) is 8.53. The second-order valence-corrected chi connectivity index (χ2v) is 3.38. The van der Waals surface area contributed by atoms with Gasteiger partial charge in [-0.05, 0) is 23.8 Å². The van der Waals surface area contributed by atoms with E-state index in [-0.39, 0.29) is 0 Å². The van der Waals surface area contributed by atoms with E-state index in [1.807, 2.05) is 20.3 Å². The highest BCUT2D eigenvalue weighted by atomic mass is 19.1. The van der Waals surface area contributed by atoms with E-state index in [1.54, 1.807) is 6.08 Å². The number of hydrogen-bond donors (Lipinski definition) is 1. The molecule has 1 N–H and O–H groups in total. The maximum atomic E-state index is 13.1. The first kappa shape index (κ1) is 11.3. The van der Waals surface area contributed by atoms with Crippen molar-refractivity contribution in [2.24, 2.45) is 0 Å². The number of nitro groups is 1. The summed E-state index contributed by atoms with van der Waals surface area (Å²) in [5.74, 6) is -0.809. The number of quaternary nitrogens is 1. The molecule has 4 nitrogen and oxygen atoms in total. The Kier molecular flexibility index (Phi) is 3.51. The maximum Gasteiger partial charge on any atom is 0.304 e. The molecule has 0 aliphatic rings. The predicted octanol–water partition coefficient (Wildman–Crippen LogP) is 0.849. The largest absolute Gasteiger partial charge is 0.313 e. The van der Waals surface area contributed by atoms with Crippen LogP contribution < -0.4 is 4.90 Å². The lowest BCUT2D eigenvalue weighted by Crippen LogP contribution is -3.00. The first-order valence-electron chi connectivity index (χ1n) is 4.43. The number of rotatable bonds is 3. The van der Waals surface area contributed by atoms with Crippen LogP contribution in [0.2, 0.25) is 0 Å². The Morgan fingerprint density at radius 1 is 1.47 bits per heavy atom.